The van der Waals surface area contributed by atoms with Gasteiger partial charge in [0.2, 0.25) is 5.88 Å². The number of aromatic nitrogens is 1. The van der Waals surface area contributed by atoms with Crippen molar-refractivity contribution in [3.05, 3.63) is 88.1 Å². The fourth-order valence-electron chi connectivity index (χ4n) is 3.74. The Balaban J connectivity index is 0.00000289. The average Bonchev–Trinajstić information content (AvgIpc) is 2.78. The van der Waals surface area contributed by atoms with Crippen LogP contribution in [0.5, 0.6) is 11.6 Å². The molecule has 0 aliphatic heterocycles. The smallest absolute Gasteiger partial charge is 0.337 e. The van der Waals surface area contributed by atoms with Gasteiger partial charge in [0, 0.05) is 29.9 Å². The number of rotatable bonds is 7. The minimum atomic E-state index is -1.02. The van der Waals surface area contributed by atoms with Crippen molar-refractivity contribution in [2.75, 3.05) is 6.54 Å². The van der Waals surface area contributed by atoms with Gasteiger partial charge in [-0.25, -0.2) is 9.78 Å². The molecule has 0 saturated carbocycles. The number of pyridine rings is 1. The number of nitrogens with one attached hydrogen (secondary N) is 1. The van der Waals surface area contributed by atoms with Crippen molar-refractivity contribution in [1.29, 1.82) is 0 Å². The minimum absolute atomic E-state index is 0. The number of aliphatic hydroxyl groups is 1. The number of ether oxygens (including phenoxy) is 1. The first-order chi connectivity index (χ1) is 15.0. The van der Waals surface area contributed by atoms with E-state index in [2.05, 4.69) is 16.4 Å². The van der Waals surface area contributed by atoms with E-state index in [1.165, 1.54) is 23.4 Å². The van der Waals surface area contributed by atoms with Crippen LogP contribution >= 0.6 is 24.0 Å². The second-order valence-electron chi connectivity index (χ2n) is 7.64. The molecular weight excluding hydrogens is 451 g/mol. The van der Waals surface area contributed by atoms with Crippen molar-refractivity contribution < 1.29 is 19.7 Å². The molecule has 0 amide bonds. The molecule has 0 bridgehead atoms. The molecule has 0 unspecified atom stereocenters. The monoisotopic (exact) mass is 474 g/mol. The molecule has 0 radical (unpaired) electrons. The first-order valence-corrected chi connectivity index (χ1v) is 10.5. The van der Waals surface area contributed by atoms with Crippen LogP contribution in [0.3, 0.4) is 0 Å². The van der Waals surface area contributed by atoms with Crippen molar-refractivity contribution in [3.8, 4) is 11.6 Å². The molecule has 0 fully saturated rings. The van der Waals surface area contributed by atoms with Gasteiger partial charge in [0.15, 0.2) is 0 Å². The molecule has 8 heteroatoms. The summed E-state index contributed by atoms with van der Waals surface area (Å²) in [4.78, 5) is 15.0. The quantitative estimate of drug-likeness (QED) is 0.454. The van der Waals surface area contributed by atoms with Crippen LogP contribution in [0.25, 0.3) is 0 Å². The Morgan fingerprint density at radius 1 is 1.16 bits per heavy atom. The van der Waals surface area contributed by atoms with E-state index >= 15 is 0 Å². The Kier molecular flexibility index (Phi) is 8.10. The summed E-state index contributed by atoms with van der Waals surface area (Å²) in [7, 11) is 0. The molecule has 1 heterocycles. The van der Waals surface area contributed by atoms with Gasteiger partial charge in [-0.1, -0.05) is 29.8 Å². The molecule has 3 N–H and O–H groups in total. The number of carboxylic acids is 1. The van der Waals surface area contributed by atoms with Gasteiger partial charge in [0.1, 0.15) is 5.75 Å². The number of aromatic carboxylic acids is 1. The molecule has 3 aromatic rings. The van der Waals surface area contributed by atoms with Gasteiger partial charge in [-0.05, 0) is 66.3 Å². The Labute approximate surface area is 197 Å². The Morgan fingerprint density at radius 3 is 2.62 bits per heavy atom. The van der Waals surface area contributed by atoms with Gasteiger partial charge in [-0.2, -0.15) is 0 Å². The summed E-state index contributed by atoms with van der Waals surface area (Å²) in [5, 5.41) is 23.5. The van der Waals surface area contributed by atoms with Crippen LogP contribution in [0.15, 0.2) is 60.8 Å². The molecule has 32 heavy (non-hydrogen) atoms. The van der Waals surface area contributed by atoms with Crippen LogP contribution in [0.4, 0.5) is 0 Å². The first-order valence-electron chi connectivity index (χ1n) is 10.1. The second-order valence-corrected chi connectivity index (χ2v) is 8.07. The third kappa shape index (κ3) is 5.99. The number of aryl methyl sites for hydroxylation is 1. The summed E-state index contributed by atoms with van der Waals surface area (Å²) in [5.41, 5.74) is 3.44. The van der Waals surface area contributed by atoms with Gasteiger partial charge in [0.25, 0.3) is 0 Å². The molecule has 1 aliphatic rings. The van der Waals surface area contributed by atoms with E-state index in [9.17, 15) is 9.90 Å². The van der Waals surface area contributed by atoms with Crippen LogP contribution in [0, 0.1) is 0 Å². The number of aliphatic hydroxyl groups excluding tert-OH is 1. The van der Waals surface area contributed by atoms with Gasteiger partial charge in [-0.3, -0.25) is 0 Å². The highest BCUT2D eigenvalue weighted by Gasteiger charge is 2.20. The molecule has 0 saturated heterocycles. The van der Waals surface area contributed by atoms with E-state index < -0.39 is 12.1 Å². The fraction of sp³-hybridized carbons (Fsp3) is 0.250. The van der Waals surface area contributed by atoms with Gasteiger partial charge in [-0.15, -0.1) is 12.4 Å². The minimum Gasteiger partial charge on any atom is -0.478 e. The number of benzene rings is 2. The zero-order valence-electron chi connectivity index (χ0n) is 17.2. The number of nitrogens with zero attached hydrogens (tertiary/aromatic N) is 1. The molecule has 6 nitrogen and oxygen atoms in total. The van der Waals surface area contributed by atoms with Gasteiger partial charge in [0.05, 0.1) is 11.7 Å². The predicted octanol–water partition coefficient (Wildman–Crippen LogP) is 4.83. The standard InChI is InChI=1S/C24H23ClN2O4.ClH/c25-19-6-1-16(2-7-19)22(28)14-26-20-8-3-15-4-9-21(12-18(15)11-20)31-23-10-5-17(13-27-23)24(29)30;/h1-2,4-7,9-10,12-13,20,22,26,28H,3,8,11,14H2,(H,29,30);1H/t20-,22+;/m0./s1. The fourth-order valence-corrected chi connectivity index (χ4v) is 3.87. The molecule has 2 aromatic carbocycles. The van der Waals surface area contributed by atoms with Crippen molar-refractivity contribution in [2.45, 2.75) is 31.4 Å². The lowest BCUT2D eigenvalue weighted by Gasteiger charge is -2.27. The predicted molar refractivity (Wildman–Crippen MR) is 125 cm³/mol. The Morgan fingerprint density at radius 2 is 1.94 bits per heavy atom. The molecule has 2 atom stereocenters. The van der Waals surface area contributed by atoms with E-state index in [-0.39, 0.29) is 24.0 Å². The number of fused-ring (bicyclic) bond motifs is 1. The maximum Gasteiger partial charge on any atom is 0.337 e. The molecule has 1 aliphatic carbocycles. The average molecular weight is 475 g/mol. The third-order valence-corrected chi connectivity index (χ3v) is 5.72. The number of hydrogen-bond acceptors (Lipinski definition) is 5. The van der Waals surface area contributed by atoms with Crippen LogP contribution in [0.1, 0.15) is 39.6 Å². The van der Waals surface area contributed by atoms with Crippen molar-refractivity contribution in [3.63, 3.8) is 0 Å². The van der Waals surface area contributed by atoms with E-state index in [4.69, 9.17) is 21.4 Å². The van der Waals surface area contributed by atoms with Gasteiger partial charge < -0.3 is 20.3 Å². The summed E-state index contributed by atoms with van der Waals surface area (Å²) in [6.45, 7) is 0.470. The SMILES string of the molecule is Cl.O=C(O)c1ccc(Oc2ccc3c(c2)C[C@@H](NC[C@@H](O)c2ccc(Cl)cc2)CC3)nc1. The molecule has 0 spiro atoms. The Hall–Kier alpha value is -2.64. The summed E-state index contributed by atoms with van der Waals surface area (Å²) in [6, 6.07) is 16.5. The summed E-state index contributed by atoms with van der Waals surface area (Å²) in [6.07, 6.45) is 3.48. The lowest BCUT2D eigenvalue weighted by molar-refractivity contribution is 0.0696. The second kappa shape index (κ2) is 10.8. The number of carboxylic acid groups (broad SMARTS) is 1. The van der Waals surface area contributed by atoms with Crippen LogP contribution in [0.2, 0.25) is 5.02 Å². The highest BCUT2D eigenvalue weighted by atomic mass is 35.5. The normalized spacial score (nSPS) is 15.9. The molecule has 168 valence electrons. The van der Waals surface area contributed by atoms with Crippen LogP contribution in [-0.4, -0.2) is 33.8 Å². The van der Waals surface area contributed by atoms with Crippen molar-refractivity contribution in [2.24, 2.45) is 0 Å². The van der Waals surface area contributed by atoms with Crippen LogP contribution < -0.4 is 10.1 Å². The zero-order valence-corrected chi connectivity index (χ0v) is 18.8. The lowest BCUT2D eigenvalue weighted by Crippen LogP contribution is -2.37. The topological polar surface area (TPSA) is 91.7 Å². The number of halogens is 2. The summed E-state index contributed by atoms with van der Waals surface area (Å²) < 4.78 is 5.80. The van der Waals surface area contributed by atoms with E-state index in [0.717, 1.165) is 24.8 Å². The van der Waals surface area contributed by atoms with E-state index in [1.807, 2.05) is 24.3 Å². The van der Waals surface area contributed by atoms with Crippen molar-refractivity contribution >= 4 is 30.0 Å². The highest BCUT2D eigenvalue weighted by molar-refractivity contribution is 6.30. The zero-order chi connectivity index (χ0) is 21.8. The summed E-state index contributed by atoms with van der Waals surface area (Å²) in [5.74, 6) is -0.00903. The first kappa shape index (κ1) is 24.0. The number of hydrogen-bond donors (Lipinski definition) is 3. The molecular formula is C24H24Cl2N2O4. The molecule has 4 rings (SSSR count). The largest absolute Gasteiger partial charge is 0.478 e. The maximum atomic E-state index is 10.9. The van der Waals surface area contributed by atoms with Crippen molar-refractivity contribution in [1.82, 2.24) is 10.3 Å². The maximum absolute atomic E-state index is 10.9. The Bertz CT molecular complexity index is 1060. The van der Waals surface area contributed by atoms with E-state index in [1.54, 1.807) is 18.2 Å². The molecule has 1 aromatic heterocycles. The van der Waals surface area contributed by atoms with Gasteiger partial charge >= 0.3 is 5.97 Å². The summed E-state index contributed by atoms with van der Waals surface area (Å²) >= 11 is 5.91. The third-order valence-electron chi connectivity index (χ3n) is 5.47. The highest BCUT2D eigenvalue weighted by Crippen LogP contribution is 2.28. The van der Waals surface area contributed by atoms with Crippen LogP contribution in [-0.2, 0) is 12.8 Å². The lowest BCUT2D eigenvalue weighted by atomic mass is 9.88. The number of carbonyl (C=O) groups is 1. The van der Waals surface area contributed by atoms with E-state index in [0.29, 0.717) is 23.2 Å².